The Hall–Kier alpha value is -1.27. The summed E-state index contributed by atoms with van der Waals surface area (Å²) in [6.07, 6.45) is 0.856. The van der Waals surface area contributed by atoms with Crippen LogP contribution in [0, 0.1) is 6.92 Å². The van der Waals surface area contributed by atoms with Crippen molar-refractivity contribution in [2.75, 3.05) is 0 Å². The lowest BCUT2D eigenvalue weighted by Crippen LogP contribution is -2.33. The molecule has 0 aliphatic rings. The average molecular weight is 267 g/mol. The maximum atomic E-state index is 11.9. The molecule has 2 aromatic heterocycles. The van der Waals surface area contributed by atoms with Crippen LogP contribution in [0.2, 0.25) is 0 Å². The van der Waals surface area contributed by atoms with Gasteiger partial charge in [-0.25, -0.2) is 0 Å². The molecule has 0 spiro atoms. The number of rotatable bonds is 4. The van der Waals surface area contributed by atoms with Crippen LogP contribution >= 0.6 is 22.9 Å². The fourth-order valence-corrected chi connectivity index (χ4v) is 2.91. The van der Waals surface area contributed by atoms with E-state index in [1.807, 2.05) is 18.4 Å². The van der Waals surface area contributed by atoms with Gasteiger partial charge in [-0.3, -0.25) is 4.79 Å². The van der Waals surface area contributed by atoms with Gasteiger partial charge in [0.25, 0.3) is 5.91 Å². The summed E-state index contributed by atoms with van der Waals surface area (Å²) < 4.78 is 3.76. The van der Waals surface area contributed by atoms with E-state index < -0.39 is 0 Å². The topological polar surface area (TPSA) is 54.9 Å². The highest BCUT2D eigenvalue weighted by atomic mass is 32.1. The highest BCUT2D eigenvalue weighted by Crippen LogP contribution is 2.12. The van der Waals surface area contributed by atoms with Crippen LogP contribution in [0.3, 0.4) is 0 Å². The lowest BCUT2D eigenvalue weighted by molar-refractivity contribution is 0.0943. The number of aryl methyl sites for hydroxylation is 1. The zero-order valence-corrected chi connectivity index (χ0v) is 11.3. The van der Waals surface area contributed by atoms with Crippen molar-refractivity contribution in [3.63, 3.8) is 0 Å². The highest BCUT2D eigenvalue weighted by Gasteiger charge is 2.15. The monoisotopic (exact) mass is 267 g/mol. The molecule has 0 saturated carbocycles. The van der Waals surface area contributed by atoms with E-state index >= 15 is 0 Å². The van der Waals surface area contributed by atoms with Crippen LogP contribution in [0.5, 0.6) is 0 Å². The average Bonchev–Trinajstić information content (AvgIpc) is 2.88. The van der Waals surface area contributed by atoms with Crippen molar-refractivity contribution in [3.8, 4) is 0 Å². The number of hydrogen-bond donors (Lipinski definition) is 1. The van der Waals surface area contributed by atoms with Crippen molar-refractivity contribution in [3.05, 3.63) is 33.0 Å². The molecule has 2 heterocycles. The highest BCUT2D eigenvalue weighted by molar-refractivity contribution is 7.09. The van der Waals surface area contributed by atoms with E-state index in [0.29, 0.717) is 10.6 Å². The summed E-state index contributed by atoms with van der Waals surface area (Å²) in [5.41, 5.74) is 0.691. The molecule has 6 heteroatoms. The zero-order valence-electron chi connectivity index (χ0n) is 9.64. The first kappa shape index (κ1) is 12.2. The van der Waals surface area contributed by atoms with Crippen molar-refractivity contribution in [1.82, 2.24) is 14.9 Å². The Morgan fingerprint density at radius 2 is 2.41 bits per heavy atom. The number of thiophene rings is 1. The van der Waals surface area contributed by atoms with Gasteiger partial charge in [0, 0.05) is 17.3 Å². The third kappa shape index (κ3) is 3.10. The van der Waals surface area contributed by atoms with Gasteiger partial charge in [0.15, 0.2) is 0 Å². The van der Waals surface area contributed by atoms with Crippen LogP contribution in [-0.2, 0) is 6.42 Å². The number of carbonyl (C=O) groups is 1. The van der Waals surface area contributed by atoms with Crippen molar-refractivity contribution >= 4 is 28.8 Å². The minimum Gasteiger partial charge on any atom is -0.348 e. The third-order valence-corrected chi connectivity index (χ3v) is 4.05. The summed E-state index contributed by atoms with van der Waals surface area (Å²) in [4.78, 5) is 13.8. The van der Waals surface area contributed by atoms with Crippen LogP contribution in [0.4, 0.5) is 0 Å². The quantitative estimate of drug-likeness (QED) is 0.924. The Labute approximate surface area is 108 Å². The van der Waals surface area contributed by atoms with Crippen molar-refractivity contribution in [1.29, 1.82) is 0 Å². The van der Waals surface area contributed by atoms with Crippen LogP contribution in [0.25, 0.3) is 0 Å². The normalized spacial score (nSPS) is 12.4. The predicted molar refractivity (Wildman–Crippen MR) is 69.6 cm³/mol. The summed E-state index contributed by atoms with van der Waals surface area (Å²) >= 11 is 2.84. The van der Waals surface area contributed by atoms with Gasteiger partial charge in [-0.15, -0.1) is 16.4 Å². The maximum absolute atomic E-state index is 11.9. The van der Waals surface area contributed by atoms with E-state index in [1.165, 1.54) is 4.88 Å². The second kappa shape index (κ2) is 5.37. The molecule has 0 aliphatic heterocycles. The van der Waals surface area contributed by atoms with Gasteiger partial charge in [-0.2, -0.15) is 0 Å². The predicted octanol–water partition coefficient (Wildman–Crippen LogP) is 2.27. The summed E-state index contributed by atoms with van der Waals surface area (Å²) in [7, 11) is 0. The smallest absolute Gasteiger partial charge is 0.265 e. The Morgan fingerprint density at radius 1 is 1.59 bits per heavy atom. The molecule has 1 atom stereocenters. The van der Waals surface area contributed by atoms with E-state index in [4.69, 9.17) is 0 Å². The molecule has 1 amide bonds. The molecule has 17 heavy (non-hydrogen) atoms. The molecule has 0 radical (unpaired) electrons. The molecule has 0 aliphatic carbocycles. The second-order valence-electron chi connectivity index (χ2n) is 3.85. The number of nitrogens with one attached hydrogen (secondary N) is 1. The molecule has 4 nitrogen and oxygen atoms in total. The van der Waals surface area contributed by atoms with E-state index in [9.17, 15) is 4.79 Å². The summed E-state index contributed by atoms with van der Waals surface area (Å²) in [6.45, 7) is 3.80. The number of aromatic nitrogens is 2. The molecule has 0 unspecified atom stereocenters. The van der Waals surface area contributed by atoms with Crippen molar-refractivity contribution in [2.45, 2.75) is 26.3 Å². The fourth-order valence-electron chi connectivity index (χ4n) is 1.51. The van der Waals surface area contributed by atoms with Gasteiger partial charge in [0.05, 0.1) is 5.69 Å². The molecular formula is C11H13N3OS2. The fraction of sp³-hybridized carbons (Fsp3) is 0.364. The Morgan fingerprint density at radius 3 is 3.00 bits per heavy atom. The molecule has 1 N–H and O–H groups in total. The third-order valence-electron chi connectivity index (χ3n) is 2.32. The molecule has 2 aromatic rings. The molecule has 90 valence electrons. The first-order valence-corrected chi connectivity index (χ1v) is 6.94. The second-order valence-corrected chi connectivity index (χ2v) is 5.63. The number of hydrogen-bond acceptors (Lipinski definition) is 5. The van der Waals surface area contributed by atoms with Crippen molar-refractivity contribution < 1.29 is 4.79 Å². The summed E-state index contributed by atoms with van der Waals surface area (Å²) in [6, 6.07) is 4.21. The molecule has 0 bridgehead atoms. The van der Waals surface area contributed by atoms with E-state index in [2.05, 4.69) is 21.0 Å². The van der Waals surface area contributed by atoms with Gasteiger partial charge >= 0.3 is 0 Å². The maximum Gasteiger partial charge on any atom is 0.265 e. The van der Waals surface area contributed by atoms with Gasteiger partial charge in [-0.1, -0.05) is 10.6 Å². The van der Waals surface area contributed by atoms with Crippen LogP contribution in [-0.4, -0.2) is 21.5 Å². The molecule has 2 rings (SSSR count). The van der Waals surface area contributed by atoms with Gasteiger partial charge in [-0.05, 0) is 36.8 Å². The minimum atomic E-state index is -0.0819. The molecular weight excluding hydrogens is 254 g/mol. The van der Waals surface area contributed by atoms with Gasteiger partial charge in [0.1, 0.15) is 4.88 Å². The SMILES string of the molecule is Cc1nnsc1C(=O)N[C@H](C)Cc1cccs1. The first-order valence-electron chi connectivity index (χ1n) is 5.29. The number of nitrogens with zero attached hydrogens (tertiary/aromatic N) is 2. The first-order chi connectivity index (χ1) is 8.16. The van der Waals surface area contributed by atoms with Crippen LogP contribution in [0.1, 0.15) is 27.2 Å². The van der Waals surface area contributed by atoms with E-state index in [-0.39, 0.29) is 11.9 Å². The van der Waals surface area contributed by atoms with E-state index in [1.54, 1.807) is 18.3 Å². The van der Waals surface area contributed by atoms with Crippen LogP contribution in [0.15, 0.2) is 17.5 Å². The summed E-state index contributed by atoms with van der Waals surface area (Å²) in [5.74, 6) is -0.0819. The zero-order chi connectivity index (χ0) is 12.3. The standard InChI is InChI=1S/C11H13N3OS2/c1-7(6-9-4-3-5-16-9)12-11(15)10-8(2)13-14-17-10/h3-5,7H,6H2,1-2H3,(H,12,15)/t7-/m1/s1. The summed E-state index contributed by atoms with van der Waals surface area (Å²) in [5, 5.41) is 8.83. The van der Waals surface area contributed by atoms with E-state index in [0.717, 1.165) is 18.0 Å². The molecule has 0 fully saturated rings. The molecule has 0 saturated heterocycles. The van der Waals surface area contributed by atoms with Crippen molar-refractivity contribution in [2.24, 2.45) is 0 Å². The largest absolute Gasteiger partial charge is 0.348 e. The number of carbonyl (C=O) groups excluding carboxylic acids is 1. The van der Waals surface area contributed by atoms with Gasteiger partial charge < -0.3 is 5.32 Å². The minimum absolute atomic E-state index is 0.0819. The lowest BCUT2D eigenvalue weighted by Gasteiger charge is -2.11. The Kier molecular flexibility index (Phi) is 3.86. The van der Waals surface area contributed by atoms with Crippen LogP contribution < -0.4 is 5.32 Å². The van der Waals surface area contributed by atoms with Gasteiger partial charge in [0.2, 0.25) is 0 Å². The Balaban J connectivity index is 1.93. The molecule has 0 aromatic carbocycles. The lowest BCUT2D eigenvalue weighted by atomic mass is 10.2. The number of amides is 1. The Bertz CT molecular complexity index is 493.